The van der Waals surface area contributed by atoms with E-state index in [1.165, 1.54) is 15.5 Å². The van der Waals surface area contributed by atoms with Crippen LogP contribution in [0.25, 0.3) is 16.6 Å². The number of likely N-dealkylation sites (tertiary alicyclic amines) is 1. The van der Waals surface area contributed by atoms with Gasteiger partial charge in [0.25, 0.3) is 17.4 Å². The zero-order chi connectivity index (χ0) is 28.4. The third kappa shape index (κ3) is 5.57. The third-order valence-electron chi connectivity index (χ3n) is 7.02. The van der Waals surface area contributed by atoms with Crippen LogP contribution in [0.3, 0.4) is 0 Å². The SMILES string of the molecule is CN(C)C(=O)N1CCC(NC(=O)c2ccc(-n3ccccc3=O)cc2)C(NC(=O)c2ccc3c(Cl)c[nH]c3c2)C1. The van der Waals surface area contributed by atoms with E-state index in [4.69, 9.17) is 11.6 Å². The number of hydrogen-bond donors (Lipinski definition) is 3. The maximum Gasteiger partial charge on any atom is 0.319 e. The molecule has 0 bridgehead atoms. The predicted octanol–water partition coefficient (Wildman–Crippen LogP) is 3.26. The predicted molar refractivity (Wildman–Crippen MR) is 153 cm³/mol. The molecule has 4 amide bonds. The van der Waals surface area contributed by atoms with Crippen molar-refractivity contribution in [2.45, 2.75) is 18.5 Å². The van der Waals surface area contributed by atoms with E-state index in [-0.39, 0.29) is 29.9 Å². The number of rotatable bonds is 5. The second-order valence-electron chi connectivity index (χ2n) is 9.92. The summed E-state index contributed by atoms with van der Waals surface area (Å²) < 4.78 is 1.49. The van der Waals surface area contributed by atoms with Gasteiger partial charge in [-0.2, -0.15) is 0 Å². The number of urea groups is 1. The first-order valence-corrected chi connectivity index (χ1v) is 13.2. The van der Waals surface area contributed by atoms with E-state index in [0.29, 0.717) is 34.8 Å². The number of H-pyrrole nitrogens is 1. The number of aromatic nitrogens is 2. The van der Waals surface area contributed by atoms with Crippen LogP contribution in [-0.4, -0.2) is 76.5 Å². The van der Waals surface area contributed by atoms with Crippen LogP contribution in [-0.2, 0) is 0 Å². The second kappa shape index (κ2) is 11.3. The zero-order valence-electron chi connectivity index (χ0n) is 22.1. The summed E-state index contributed by atoms with van der Waals surface area (Å²) in [6.07, 6.45) is 3.78. The van der Waals surface area contributed by atoms with Crippen molar-refractivity contribution in [1.82, 2.24) is 30.0 Å². The molecule has 11 heteroatoms. The molecular formula is C29H29ClN6O4. The molecule has 3 heterocycles. The Morgan fingerprint density at radius 1 is 0.950 bits per heavy atom. The van der Waals surface area contributed by atoms with Crippen LogP contribution in [0.2, 0.25) is 5.02 Å². The summed E-state index contributed by atoms with van der Waals surface area (Å²) in [6, 6.07) is 15.7. The molecule has 2 aromatic heterocycles. The van der Waals surface area contributed by atoms with Gasteiger partial charge in [-0.3, -0.25) is 19.0 Å². The van der Waals surface area contributed by atoms with Gasteiger partial charge in [-0.25, -0.2) is 4.79 Å². The summed E-state index contributed by atoms with van der Waals surface area (Å²) in [7, 11) is 3.35. The zero-order valence-corrected chi connectivity index (χ0v) is 22.8. The third-order valence-corrected chi connectivity index (χ3v) is 7.34. The van der Waals surface area contributed by atoms with Gasteiger partial charge in [-0.05, 0) is 48.9 Å². The van der Waals surface area contributed by atoms with Crippen LogP contribution in [0.15, 0.2) is 77.9 Å². The van der Waals surface area contributed by atoms with Crippen molar-refractivity contribution in [3.63, 3.8) is 0 Å². The number of nitrogens with one attached hydrogen (secondary N) is 3. The molecule has 1 aliphatic rings. The van der Waals surface area contributed by atoms with Gasteiger partial charge in [0.1, 0.15) is 0 Å². The summed E-state index contributed by atoms with van der Waals surface area (Å²) in [4.78, 5) is 57.5. The lowest BCUT2D eigenvalue weighted by Gasteiger charge is -2.40. The minimum atomic E-state index is -0.529. The van der Waals surface area contributed by atoms with Crippen molar-refractivity contribution in [3.8, 4) is 5.69 Å². The van der Waals surface area contributed by atoms with Gasteiger partial charge in [0.2, 0.25) is 0 Å². The quantitative estimate of drug-likeness (QED) is 0.347. The lowest BCUT2D eigenvalue weighted by Crippen LogP contribution is -2.62. The fourth-order valence-corrected chi connectivity index (χ4v) is 5.10. The molecule has 2 aromatic carbocycles. The first kappa shape index (κ1) is 27.0. The molecule has 1 aliphatic heterocycles. The van der Waals surface area contributed by atoms with Gasteiger partial charge in [0.05, 0.1) is 17.1 Å². The van der Waals surface area contributed by atoms with Gasteiger partial charge >= 0.3 is 6.03 Å². The molecule has 0 aliphatic carbocycles. The molecule has 10 nitrogen and oxygen atoms in total. The Morgan fingerprint density at radius 3 is 2.38 bits per heavy atom. The molecule has 0 radical (unpaired) electrons. The summed E-state index contributed by atoms with van der Waals surface area (Å²) in [5.41, 5.74) is 2.05. The van der Waals surface area contributed by atoms with Gasteiger partial charge in [0, 0.05) is 73.4 Å². The largest absolute Gasteiger partial charge is 0.360 e. The number of carbonyl (C=O) groups excluding carboxylic acids is 3. The van der Waals surface area contributed by atoms with E-state index in [9.17, 15) is 19.2 Å². The van der Waals surface area contributed by atoms with E-state index in [1.54, 1.807) is 86.0 Å². The molecule has 0 saturated carbocycles. The molecule has 3 N–H and O–H groups in total. The van der Waals surface area contributed by atoms with E-state index >= 15 is 0 Å². The van der Waals surface area contributed by atoms with Gasteiger partial charge in [0.15, 0.2) is 0 Å². The number of benzene rings is 2. The number of nitrogens with zero attached hydrogens (tertiary/aromatic N) is 3. The maximum absolute atomic E-state index is 13.3. The monoisotopic (exact) mass is 560 g/mol. The smallest absolute Gasteiger partial charge is 0.319 e. The normalized spacial score (nSPS) is 16.9. The number of pyridine rings is 1. The molecule has 40 heavy (non-hydrogen) atoms. The van der Waals surface area contributed by atoms with E-state index in [1.807, 2.05) is 0 Å². The summed E-state index contributed by atoms with van der Waals surface area (Å²) in [5, 5.41) is 7.44. The Hall–Kier alpha value is -4.57. The topological polar surface area (TPSA) is 120 Å². The average molecular weight is 561 g/mol. The standard InChI is InChI=1S/C29H29ClN6O4/c1-34(2)29(40)35-14-12-23(25(17-35)33-28(39)19-8-11-21-22(30)16-31-24(21)15-19)32-27(38)18-6-9-20(10-7-18)36-13-4-3-5-26(36)37/h3-11,13,15-16,23,25,31H,12,14,17H2,1-2H3,(H,32,38)(H,33,39). The number of halogens is 1. The Labute approximate surface area is 235 Å². The van der Waals surface area contributed by atoms with Crippen LogP contribution in [0.4, 0.5) is 4.79 Å². The molecule has 1 fully saturated rings. The molecule has 2 unspecified atom stereocenters. The first-order valence-electron chi connectivity index (χ1n) is 12.8. The maximum atomic E-state index is 13.3. The fourth-order valence-electron chi connectivity index (χ4n) is 4.88. The Kier molecular flexibility index (Phi) is 7.61. The van der Waals surface area contributed by atoms with Crippen LogP contribution in [0.1, 0.15) is 27.1 Å². The highest BCUT2D eigenvalue weighted by molar-refractivity contribution is 6.35. The second-order valence-corrected chi connectivity index (χ2v) is 10.3. The molecule has 0 spiro atoms. The van der Waals surface area contributed by atoms with Crippen molar-refractivity contribution in [2.75, 3.05) is 27.2 Å². The molecule has 4 aromatic rings. The minimum Gasteiger partial charge on any atom is -0.360 e. The Morgan fingerprint density at radius 2 is 1.65 bits per heavy atom. The number of fused-ring (bicyclic) bond motifs is 1. The Balaban J connectivity index is 1.33. The average Bonchev–Trinajstić information content (AvgIpc) is 3.33. The van der Waals surface area contributed by atoms with E-state index in [0.717, 1.165) is 10.9 Å². The fraction of sp³-hybridized carbons (Fsp3) is 0.241. The summed E-state index contributed by atoms with van der Waals surface area (Å²) in [5.74, 6) is -0.639. The number of amides is 4. The van der Waals surface area contributed by atoms with E-state index < -0.39 is 12.1 Å². The van der Waals surface area contributed by atoms with Crippen molar-refractivity contribution < 1.29 is 14.4 Å². The Bertz CT molecular complexity index is 1630. The van der Waals surface area contributed by atoms with Crippen molar-refractivity contribution >= 4 is 40.3 Å². The van der Waals surface area contributed by atoms with Gasteiger partial charge < -0.3 is 25.4 Å². The van der Waals surface area contributed by atoms with Crippen molar-refractivity contribution in [1.29, 1.82) is 0 Å². The number of piperidine rings is 1. The highest BCUT2D eigenvalue weighted by Crippen LogP contribution is 2.24. The summed E-state index contributed by atoms with van der Waals surface area (Å²) >= 11 is 6.17. The highest BCUT2D eigenvalue weighted by Gasteiger charge is 2.34. The molecule has 1 saturated heterocycles. The minimum absolute atomic E-state index is 0.168. The van der Waals surface area contributed by atoms with Gasteiger partial charge in [-0.15, -0.1) is 0 Å². The van der Waals surface area contributed by atoms with Crippen LogP contribution < -0.4 is 16.2 Å². The lowest BCUT2D eigenvalue weighted by molar-refractivity contribution is 0.0816. The van der Waals surface area contributed by atoms with Crippen molar-refractivity contribution in [3.05, 3.63) is 99.6 Å². The number of carbonyl (C=O) groups is 3. The lowest BCUT2D eigenvalue weighted by atomic mass is 9.98. The van der Waals surface area contributed by atoms with E-state index in [2.05, 4.69) is 15.6 Å². The van der Waals surface area contributed by atoms with Gasteiger partial charge in [-0.1, -0.05) is 23.7 Å². The molecular weight excluding hydrogens is 532 g/mol. The summed E-state index contributed by atoms with van der Waals surface area (Å²) in [6.45, 7) is 0.664. The highest BCUT2D eigenvalue weighted by atomic mass is 35.5. The molecule has 206 valence electrons. The van der Waals surface area contributed by atoms with Crippen LogP contribution in [0, 0.1) is 0 Å². The molecule has 2 atom stereocenters. The van der Waals surface area contributed by atoms with Crippen LogP contribution >= 0.6 is 11.6 Å². The van der Waals surface area contributed by atoms with Crippen LogP contribution in [0.5, 0.6) is 0 Å². The van der Waals surface area contributed by atoms with Crippen molar-refractivity contribution in [2.24, 2.45) is 0 Å². The number of hydrogen-bond acceptors (Lipinski definition) is 4. The first-order chi connectivity index (χ1) is 19.2. The molecule has 5 rings (SSSR count). The number of aromatic amines is 1.